The molecular formula is C7H7BrN4O. The van der Waals surface area contributed by atoms with Crippen molar-refractivity contribution in [2.75, 3.05) is 0 Å². The molecule has 2 rings (SSSR count). The minimum absolute atomic E-state index is 0.459. The fourth-order valence-corrected chi connectivity index (χ4v) is 1.28. The van der Waals surface area contributed by atoms with E-state index >= 15 is 0 Å². The molecule has 0 amide bonds. The first-order valence-electron chi connectivity index (χ1n) is 3.83. The Morgan fingerprint density at radius 3 is 2.92 bits per heavy atom. The Bertz CT molecular complexity index is 408. The number of halogens is 1. The summed E-state index contributed by atoms with van der Waals surface area (Å²) >= 11 is 3.31. The summed E-state index contributed by atoms with van der Waals surface area (Å²) in [5, 5.41) is 14.3. The van der Waals surface area contributed by atoms with Gasteiger partial charge in [-0.15, -0.1) is 10.2 Å². The molecule has 0 fully saturated rings. The van der Waals surface area contributed by atoms with Crippen molar-refractivity contribution in [3.63, 3.8) is 0 Å². The van der Waals surface area contributed by atoms with Crippen LogP contribution in [0.15, 0.2) is 15.1 Å². The molecule has 0 saturated heterocycles. The van der Waals surface area contributed by atoms with Gasteiger partial charge in [0.05, 0.1) is 10.7 Å². The second-order valence-electron chi connectivity index (χ2n) is 2.45. The van der Waals surface area contributed by atoms with Gasteiger partial charge in [0.2, 0.25) is 5.89 Å². The largest absolute Gasteiger partial charge is 0.419 e. The monoisotopic (exact) mass is 242 g/mol. The van der Waals surface area contributed by atoms with Crippen LogP contribution in [0.3, 0.4) is 0 Å². The number of hydrogen-bond acceptors (Lipinski definition) is 4. The first-order chi connectivity index (χ1) is 6.31. The summed E-state index contributed by atoms with van der Waals surface area (Å²) in [5.74, 6) is 1.08. The van der Waals surface area contributed by atoms with Crippen molar-refractivity contribution in [1.82, 2.24) is 20.4 Å². The van der Waals surface area contributed by atoms with Crippen molar-refractivity contribution in [2.24, 2.45) is 0 Å². The lowest BCUT2D eigenvalue weighted by Gasteiger charge is -1.87. The average molecular weight is 243 g/mol. The van der Waals surface area contributed by atoms with Crippen molar-refractivity contribution in [2.45, 2.75) is 13.3 Å². The number of aryl methyl sites for hydroxylation is 1. The number of aromatic amines is 1. The minimum atomic E-state index is 0.459. The standard InChI is InChI=1S/C7H7BrN4O/c1-2-5-10-12-7(13-5)6-4(8)3-9-11-6/h3H,2H2,1H3,(H,9,11). The van der Waals surface area contributed by atoms with Crippen molar-refractivity contribution < 1.29 is 4.42 Å². The molecule has 1 N–H and O–H groups in total. The predicted octanol–water partition coefficient (Wildman–Crippen LogP) is 1.78. The van der Waals surface area contributed by atoms with Gasteiger partial charge in [-0.1, -0.05) is 6.92 Å². The third-order valence-corrected chi connectivity index (χ3v) is 2.18. The summed E-state index contributed by atoms with van der Waals surface area (Å²) in [6.07, 6.45) is 2.38. The number of nitrogens with one attached hydrogen (secondary N) is 1. The van der Waals surface area contributed by atoms with E-state index in [-0.39, 0.29) is 0 Å². The number of hydrogen-bond donors (Lipinski definition) is 1. The van der Waals surface area contributed by atoms with E-state index in [1.165, 1.54) is 0 Å². The fraction of sp³-hybridized carbons (Fsp3) is 0.286. The van der Waals surface area contributed by atoms with Crippen molar-refractivity contribution in [3.8, 4) is 11.6 Å². The van der Waals surface area contributed by atoms with Gasteiger partial charge in [-0.05, 0) is 15.9 Å². The van der Waals surface area contributed by atoms with Crippen LogP contribution in [-0.4, -0.2) is 20.4 Å². The van der Waals surface area contributed by atoms with Crippen LogP contribution in [0.25, 0.3) is 11.6 Å². The van der Waals surface area contributed by atoms with Gasteiger partial charge in [-0.2, -0.15) is 5.10 Å². The molecule has 0 bridgehead atoms. The van der Waals surface area contributed by atoms with Gasteiger partial charge in [0.25, 0.3) is 5.89 Å². The second kappa shape index (κ2) is 3.29. The molecule has 6 heteroatoms. The highest BCUT2D eigenvalue weighted by Crippen LogP contribution is 2.23. The molecule has 2 aromatic rings. The Morgan fingerprint density at radius 1 is 1.54 bits per heavy atom. The summed E-state index contributed by atoms with van der Waals surface area (Å²) < 4.78 is 6.15. The SMILES string of the molecule is CCc1nnc(-c2[nH]ncc2Br)o1. The highest BCUT2D eigenvalue weighted by molar-refractivity contribution is 9.10. The zero-order valence-corrected chi connectivity index (χ0v) is 8.50. The van der Waals surface area contributed by atoms with Crippen LogP contribution in [0.4, 0.5) is 0 Å². The minimum Gasteiger partial charge on any atom is -0.419 e. The van der Waals surface area contributed by atoms with Crippen LogP contribution in [0, 0.1) is 0 Å². The van der Waals surface area contributed by atoms with Crippen LogP contribution in [0.5, 0.6) is 0 Å². The lowest BCUT2D eigenvalue weighted by molar-refractivity contribution is 0.511. The summed E-state index contributed by atoms with van der Waals surface area (Å²) in [6.45, 7) is 1.96. The lowest BCUT2D eigenvalue weighted by atomic mass is 10.4. The van der Waals surface area contributed by atoms with E-state index in [2.05, 4.69) is 36.3 Å². The van der Waals surface area contributed by atoms with Gasteiger partial charge >= 0.3 is 0 Å². The molecular weight excluding hydrogens is 236 g/mol. The van der Waals surface area contributed by atoms with E-state index in [0.29, 0.717) is 17.5 Å². The number of nitrogens with zero attached hydrogens (tertiary/aromatic N) is 3. The topological polar surface area (TPSA) is 67.6 Å². The van der Waals surface area contributed by atoms with Gasteiger partial charge in [0.1, 0.15) is 5.69 Å². The molecule has 0 unspecified atom stereocenters. The fourth-order valence-electron chi connectivity index (χ4n) is 0.919. The first-order valence-corrected chi connectivity index (χ1v) is 4.62. The van der Waals surface area contributed by atoms with E-state index in [1.807, 2.05) is 6.92 Å². The molecule has 5 nitrogen and oxygen atoms in total. The van der Waals surface area contributed by atoms with Crippen LogP contribution < -0.4 is 0 Å². The smallest absolute Gasteiger partial charge is 0.266 e. The molecule has 2 heterocycles. The molecule has 13 heavy (non-hydrogen) atoms. The van der Waals surface area contributed by atoms with Crippen molar-refractivity contribution in [1.29, 1.82) is 0 Å². The molecule has 0 saturated carbocycles. The highest BCUT2D eigenvalue weighted by Gasteiger charge is 2.11. The van der Waals surface area contributed by atoms with Crippen LogP contribution in [-0.2, 0) is 6.42 Å². The van der Waals surface area contributed by atoms with Gasteiger partial charge in [0.15, 0.2) is 0 Å². The van der Waals surface area contributed by atoms with E-state index in [9.17, 15) is 0 Å². The maximum Gasteiger partial charge on any atom is 0.266 e. The summed E-state index contributed by atoms with van der Waals surface area (Å²) in [5.41, 5.74) is 0.715. The Kier molecular flexibility index (Phi) is 2.13. The van der Waals surface area contributed by atoms with E-state index in [0.717, 1.165) is 10.9 Å². The van der Waals surface area contributed by atoms with Gasteiger partial charge in [-0.25, -0.2) is 0 Å². The predicted molar refractivity (Wildman–Crippen MR) is 49.0 cm³/mol. The Hall–Kier alpha value is -1.17. The number of H-pyrrole nitrogens is 1. The maximum atomic E-state index is 5.33. The molecule has 0 aliphatic rings. The van der Waals surface area contributed by atoms with E-state index in [1.54, 1.807) is 6.20 Å². The van der Waals surface area contributed by atoms with Gasteiger partial charge < -0.3 is 4.42 Å². The summed E-state index contributed by atoms with van der Waals surface area (Å²) in [7, 11) is 0. The van der Waals surface area contributed by atoms with Gasteiger partial charge in [-0.3, -0.25) is 5.10 Å². The molecule has 68 valence electrons. The highest BCUT2D eigenvalue weighted by atomic mass is 79.9. The normalized spacial score (nSPS) is 10.6. The molecule has 0 spiro atoms. The summed E-state index contributed by atoms with van der Waals surface area (Å²) in [4.78, 5) is 0. The molecule has 0 aliphatic heterocycles. The lowest BCUT2D eigenvalue weighted by Crippen LogP contribution is -1.78. The third-order valence-electron chi connectivity index (χ3n) is 1.58. The quantitative estimate of drug-likeness (QED) is 0.872. The number of aromatic nitrogens is 4. The van der Waals surface area contributed by atoms with E-state index < -0.39 is 0 Å². The Labute approximate surface area is 82.7 Å². The molecule has 0 aliphatic carbocycles. The van der Waals surface area contributed by atoms with Crippen molar-refractivity contribution in [3.05, 3.63) is 16.6 Å². The molecule has 0 atom stereocenters. The maximum absolute atomic E-state index is 5.33. The third kappa shape index (κ3) is 1.49. The average Bonchev–Trinajstić information content (AvgIpc) is 2.71. The molecule has 0 aromatic carbocycles. The van der Waals surface area contributed by atoms with Crippen LogP contribution in [0.1, 0.15) is 12.8 Å². The number of rotatable bonds is 2. The summed E-state index contributed by atoms with van der Waals surface area (Å²) in [6, 6.07) is 0. The molecule has 0 radical (unpaired) electrons. The first kappa shape index (κ1) is 8.43. The van der Waals surface area contributed by atoms with Crippen LogP contribution in [0.2, 0.25) is 0 Å². The zero-order chi connectivity index (χ0) is 9.26. The van der Waals surface area contributed by atoms with Gasteiger partial charge in [0, 0.05) is 6.42 Å². The Morgan fingerprint density at radius 2 is 2.38 bits per heavy atom. The molecule has 2 aromatic heterocycles. The Balaban J connectivity index is 2.41. The van der Waals surface area contributed by atoms with Crippen LogP contribution >= 0.6 is 15.9 Å². The second-order valence-corrected chi connectivity index (χ2v) is 3.30. The van der Waals surface area contributed by atoms with Crippen molar-refractivity contribution >= 4 is 15.9 Å². The zero-order valence-electron chi connectivity index (χ0n) is 6.91. The van der Waals surface area contributed by atoms with E-state index in [4.69, 9.17) is 4.42 Å².